The number of hydrogen-bond acceptors (Lipinski definition) is 7. The highest BCUT2D eigenvalue weighted by atomic mass is 16.3. The van der Waals surface area contributed by atoms with Crippen LogP contribution in [0.1, 0.15) is 34.3 Å². The van der Waals surface area contributed by atoms with Crippen LogP contribution >= 0.6 is 0 Å². The van der Waals surface area contributed by atoms with E-state index in [1.54, 1.807) is 41.3 Å². The predicted molar refractivity (Wildman–Crippen MR) is 129 cm³/mol. The summed E-state index contributed by atoms with van der Waals surface area (Å²) in [5, 5.41) is 5.44. The highest BCUT2D eigenvalue weighted by Crippen LogP contribution is 2.15. The zero-order valence-electron chi connectivity index (χ0n) is 20.1. The van der Waals surface area contributed by atoms with E-state index < -0.39 is 11.9 Å². The normalized spacial score (nSPS) is 18.5. The first-order chi connectivity index (χ1) is 17.3. The van der Waals surface area contributed by atoms with Crippen molar-refractivity contribution in [3.63, 3.8) is 0 Å². The Morgan fingerprint density at radius 1 is 1.03 bits per heavy atom. The van der Waals surface area contributed by atoms with Crippen LogP contribution in [0, 0.1) is 0 Å². The van der Waals surface area contributed by atoms with Gasteiger partial charge in [0.15, 0.2) is 11.5 Å². The SMILES string of the molecule is CC(=O)c1ccc(NC(=O)C[C@H]2C(=O)NCCN2C(=O)CN2CCN(C(=O)c3ccco3)CC2)cc1. The second-order valence-electron chi connectivity index (χ2n) is 8.83. The second kappa shape index (κ2) is 11.2. The van der Waals surface area contributed by atoms with Gasteiger partial charge in [0.2, 0.25) is 17.7 Å². The molecule has 11 heteroatoms. The number of furan rings is 1. The molecule has 11 nitrogen and oxygen atoms in total. The van der Waals surface area contributed by atoms with Gasteiger partial charge in [0.1, 0.15) is 6.04 Å². The van der Waals surface area contributed by atoms with Gasteiger partial charge in [-0.1, -0.05) is 0 Å². The van der Waals surface area contributed by atoms with Gasteiger partial charge in [-0.2, -0.15) is 0 Å². The van der Waals surface area contributed by atoms with Gasteiger partial charge in [0.05, 0.1) is 19.2 Å². The Labute approximate surface area is 208 Å². The molecule has 190 valence electrons. The fraction of sp³-hybridized carbons (Fsp3) is 0.400. The molecule has 2 aliphatic rings. The molecular formula is C25H29N5O6. The molecule has 0 radical (unpaired) electrons. The molecule has 0 bridgehead atoms. The molecule has 2 fully saturated rings. The largest absolute Gasteiger partial charge is 0.459 e. The third-order valence-corrected chi connectivity index (χ3v) is 6.36. The lowest BCUT2D eigenvalue weighted by Crippen LogP contribution is -2.60. The van der Waals surface area contributed by atoms with Crippen LogP contribution in [0.15, 0.2) is 47.1 Å². The molecule has 1 aromatic heterocycles. The van der Waals surface area contributed by atoms with Crippen molar-refractivity contribution >= 4 is 35.1 Å². The molecule has 2 aromatic rings. The number of amides is 4. The Hall–Kier alpha value is -3.99. The van der Waals surface area contributed by atoms with Crippen LogP contribution in [0.25, 0.3) is 0 Å². The van der Waals surface area contributed by atoms with Gasteiger partial charge in [-0.05, 0) is 43.3 Å². The molecule has 0 spiro atoms. The van der Waals surface area contributed by atoms with Crippen molar-refractivity contribution in [1.82, 2.24) is 20.0 Å². The van der Waals surface area contributed by atoms with Crippen LogP contribution in [0.3, 0.4) is 0 Å². The first-order valence-corrected chi connectivity index (χ1v) is 11.8. The van der Waals surface area contributed by atoms with Crippen molar-refractivity contribution in [2.24, 2.45) is 0 Å². The molecule has 2 saturated heterocycles. The number of nitrogens with one attached hydrogen (secondary N) is 2. The molecule has 2 aliphatic heterocycles. The summed E-state index contributed by atoms with van der Waals surface area (Å²) in [6, 6.07) is 8.84. The summed E-state index contributed by atoms with van der Waals surface area (Å²) >= 11 is 0. The molecule has 36 heavy (non-hydrogen) atoms. The number of ketones is 1. The molecule has 4 amide bonds. The molecule has 2 N–H and O–H groups in total. The summed E-state index contributed by atoms with van der Waals surface area (Å²) in [7, 11) is 0. The minimum Gasteiger partial charge on any atom is -0.459 e. The maximum Gasteiger partial charge on any atom is 0.289 e. The van der Waals surface area contributed by atoms with Crippen molar-refractivity contribution in [3.05, 3.63) is 54.0 Å². The van der Waals surface area contributed by atoms with Gasteiger partial charge in [-0.15, -0.1) is 0 Å². The number of carbonyl (C=O) groups is 5. The van der Waals surface area contributed by atoms with Crippen molar-refractivity contribution in [3.8, 4) is 0 Å². The highest BCUT2D eigenvalue weighted by molar-refractivity contribution is 5.98. The third kappa shape index (κ3) is 5.98. The summed E-state index contributed by atoms with van der Waals surface area (Å²) in [5.74, 6) is -0.984. The van der Waals surface area contributed by atoms with Gasteiger partial charge >= 0.3 is 0 Å². The average molecular weight is 496 g/mol. The number of hydrogen-bond donors (Lipinski definition) is 2. The van der Waals surface area contributed by atoms with E-state index in [9.17, 15) is 24.0 Å². The third-order valence-electron chi connectivity index (χ3n) is 6.36. The van der Waals surface area contributed by atoms with E-state index in [1.807, 2.05) is 4.90 Å². The van der Waals surface area contributed by atoms with Crippen LogP contribution in [0.2, 0.25) is 0 Å². The van der Waals surface area contributed by atoms with Crippen molar-refractivity contribution < 1.29 is 28.4 Å². The van der Waals surface area contributed by atoms with E-state index in [4.69, 9.17) is 4.42 Å². The predicted octanol–water partition coefficient (Wildman–Crippen LogP) is 0.596. The topological polar surface area (TPSA) is 132 Å². The van der Waals surface area contributed by atoms with Gasteiger partial charge in [0, 0.05) is 50.5 Å². The Morgan fingerprint density at radius 3 is 2.39 bits per heavy atom. The van der Waals surface area contributed by atoms with Gasteiger partial charge in [-0.25, -0.2) is 0 Å². The van der Waals surface area contributed by atoms with E-state index in [-0.39, 0.29) is 42.2 Å². The standard InChI is InChI=1S/C25H29N5O6/c1-17(31)18-4-6-19(7-5-18)27-22(32)15-20-24(34)26-8-9-30(20)23(33)16-28-10-12-29(13-11-28)25(35)21-3-2-14-36-21/h2-7,14,20H,8-13,15-16H2,1H3,(H,26,34)(H,27,32)/t20-/m0/s1. The van der Waals surface area contributed by atoms with Crippen molar-refractivity contribution in [1.29, 1.82) is 0 Å². The minimum absolute atomic E-state index is 0.0774. The van der Waals surface area contributed by atoms with Crippen LogP contribution < -0.4 is 10.6 Å². The van der Waals surface area contributed by atoms with Crippen molar-refractivity contribution in [2.75, 3.05) is 51.1 Å². The summed E-state index contributed by atoms with van der Waals surface area (Å²) in [6.45, 7) is 4.14. The number of piperazine rings is 2. The number of Topliss-reactive ketones (excluding diaryl/α,β-unsaturated/α-hetero) is 1. The molecular weight excluding hydrogens is 466 g/mol. The quantitative estimate of drug-likeness (QED) is 0.538. The highest BCUT2D eigenvalue weighted by Gasteiger charge is 2.35. The first-order valence-electron chi connectivity index (χ1n) is 11.8. The average Bonchev–Trinajstić information content (AvgIpc) is 3.41. The number of rotatable bonds is 7. The molecule has 0 unspecified atom stereocenters. The van der Waals surface area contributed by atoms with Crippen molar-refractivity contribution in [2.45, 2.75) is 19.4 Å². The molecule has 0 aliphatic carbocycles. The Kier molecular flexibility index (Phi) is 7.79. The molecule has 1 aromatic carbocycles. The van der Waals surface area contributed by atoms with Crippen LogP contribution in [-0.2, 0) is 14.4 Å². The summed E-state index contributed by atoms with van der Waals surface area (Å²) in [5.41, 5.74) is 1.03. The summed E-state index contributed by atoms with van der Waals surface area (Å²) < 4.78 is 5.18. The summed E-state index contributed by atoms with van der Waals surface area (Å²) in [4.78, 5) is 67.2. The molecule has 4 rings (SSSR count). The van der Waals surface area contributed by atoms with Gasteiger partial charge < -0.3 is 24.9 Å². The van der Waals surface area contributed by atoms with Gasteiger partial charge in [0.25, 0.3) is 5.91 Å². The van der Waals surface area contributed by atoms with E-state index in [1.165, 1.54) is 18.1 Å². The zero-order valence-corrected chi connectivity index (χ0v) is 20.1. The summed E-state index contributed by atoms with van der Waals surface area (Å²) in [6.07, 6.45) is 1.27. The van der Waals surface area contributed by atoms with E-state index in [0.29, 0.717) is 50.5 Å². The zero-order chi connectivity index (χ0) is 25.7. The molecule has 3 heterocycles. The second-order valence-corrected chi connectivity index (χ2v) is 8.83. The maximum absolute atomic E-state index is 13.1. The smallest absolute Gasteiger partial charge is 0.289 e. The van der Waals surface area contributed by atoms with E-state index >= 15 is 0 Å². The minimum atomic E-state index is -0.912. The van der Waals surface area contributed by atoms with E-state index in [2.05, 4.69) is 10.6 Å². The monoisotopic (exact) mass is 495 g/mol. The van der Waals surface area contributed by atoms with E-state index in [0.717, 1.165) is 0 Å². The number of nitrogens with zero attached hydrogens (tertiary/aromatic N) is 3. The lowest BCUT2D eigenvalue weighted by Gasteiger charge is -2.38. The maximum atomic E-state index is 13.1. The Morgan fingerprint density at radius 2 is 1.75 bits per heavy atom. The fourth-order valence-corrected chi connectivity index (χ4v) is 4.34. The molecule has 0 saturated carbocycles. The molecule has 1 atom stereocenters. The fourth-order valence-electron chi connectivity index (χ4n) is 4.34. The van der Waals surface area contributed by atoms with Crippen LogP contribution in [0.5, 0.6) is 0 Å². The number of carbonyl (C=O) groups excluding carboxylic acids is 5. The Balaban J connectivity index is 1.31. The van der Waals surface area contributed by atoms with Crippen LogP contribution in [0.4, 0.5) is 5.69 Å². The number of anilines is 1. The number of benzene rings is 1. The lowest BCUT2D eigenvalue weighted by molar-refractivity contribution is -0.145. The lowest BCUT2D eigenvalue weighted by atomic mass is 10.1. The Bertz CT molecular complexity index is 1120. The van der Waals surface area contributed by atoms with Crippen LogP contribution in [-0.4, -0.2) is 96.0 Å². The first kappa shape index (κ1) is 25.1. The van der Waals surface area contributed by atoms with Gasteiger partial charge in [-0.3, -0.25) is 28.9 Å².